The molecule has 3 aliphatic heterocycles. The molecule has 0 aromatic carbocycles. The number of hydrogen-bond donors (Lipinski definition) is 2. The fourth-order valence-electron chi connectivity index (χ4n) is 7.58. The Morgan fingerprint density at radius 1 is 0.797 bits per heavy atom. The number of ether oxygens (including phenoxy) is 2. The Kier molecular flexibility index (Phi) is 36.2. The number of unbranched alkanes of at least 4 members (excludes halogenated alkanes) is 8. The molecule has 382 valence electrons. The van der Waals surface area contributed by atoms with Crippen molar-refractivity contribution < 1.29 is 19.1 Å². The van der Waals surface area contributed by atoms with Crippen molar-refractivity contribution in [1.29, 1.82) is 0 Å². The van der Waals surface area contributed by atoms with Crippen LogP contribution in [0.2, 0.25) is 0 Å². The number of aromatic nitrogens is 1. The van der Waals surface area contributed by atoms with Gasteiger partial charge in [-0.15, -0.1) is 0 Å². The molecule has 0 radical (unpaired) electrons. The molecule has 1 aromatic rings. The number of allylic oxidation sites excluding steroid dienone is 15. The summed E-state index contributed by atoms with van der Waals surface area (Å²) in [6, 6.07) is 4.30. The van der Waals surface area contributed by atoms with E-state index in [9.17, 15) is 4.79 Å². The molecule has 0 aliphatic carbocycles. The van der Waals surface area contributed by atoms with Gasteiger partial charge < -0.3 is 19.8 Å². The monoisotopic (exact) mass is 947 g/mol. The zero-order valence-corrected chi connectivity index (χ0v) is 45.9. The number of aliphatic imine (C=N–C) groups is 2. The van der Waals surface area contributed by atoms with Gasteiger partial charge in [0.25, 0.3) is 6.47 Å². The molecule has 0 saturated heterocycles. The summed E-state index contributed by atoms with van der Waals surface area (Å²) in [5, 5.41) is 5.51. The lowest BCUT2D eigenvalue weighted by molar-refractivity contribution is -0.136. The number of H-pyrrole nitrogens is 1. The maximum atomic E-state index is 12.2. The van der Waals surface area contributed by atoms with Crippen molar-refractivity contribution in [1.82, 2.24) is 10.3 Å². The highest BCUT2D eigenvalue weighted by Crippen LogP contribution is 2.38. The number of hydrogen-bond acceptors (Lipinski definition) is 7. The lowest BCUT2D eigenvalue weighted by Crippen LogP contribution is -2.24. The molecule has 1 aromatic heterocycles. The van der Waals surface area contributed by atoms with Crippen LogP contribution in [0.5, 0.6) is 0 Å². The number of nitrogens with one attached hydrogen (secondary N) is 2. The van der Waals surface area contributed by atoms with Crippen molar-refractivity contribution in [3.05, 3.63) is 142 Å². The summed E-state index contributed by atoms with van der Waals surface area (Å²) in [5.74, 6) is 0.201. The highest BCUT2D eigenvalue weighted by atomic mass is 16.5. The zero-order chi connectivity index (χ0) is 52.0. The van der Waals surface area contributed by atoms with Crippen LogP contribution in [0.15, 0.2) is 141 Å². The Balaban J connectivity index is 0.00000184. The third-order valence-electron chi connectivity index (χ3n) is 11.6. The Morgan fingerprint density at radius 3 is 1.96 bits per heavy atom. The third-order valence-corrected chi connectivity index (χ3v) is 11.6. The second-order valence-electron chi connectivity index (χ2n) is 17.6. The number of carbonyl (C=O) groups excluding carboxylic acids is 2. The topological polar surface area (TPSA) is 105 Å². The van der Waals surface area contributed by atoms with Crippen LogP contribution in [0.1, 0.15) is 173 Å². The number of dihydropyridines is 1. The average Bonchev–Trinajstić information content (AvgIpc) is 4.13. The second-order valence-corrected chi connectivity index (χ2v) is 17.6. The number of aromatic amines is 1. The number of rotatable bonds is 21. The van der Waals surface area contributed by atoms with Gasteiger partial charge in [-0.1, -0.05) is 173 Å². The van der Waals surface area contributed by atoms with Gasteiger partial charge in [-0.2, -0.15) is 0 Å². The van der Waals surface area contributed by atoms with Crippen molar-refractivity contribution >= 4 is 35.0 Å². The van der Waals surface area contributed by atoms with E-state index in [1.54, 1.807) is 13.0 Å². The van der Waals surface area contributed by atoms with Gasteiger partial charge in [-0.3, -0.25) is 9.79 Å². The number of carbonyl (C=O) groups is 2. The van der Waals surface area contributed by atoms with E-state index in [1.807, 2.05) is 44.2 Å². The van der Waals surface area contributed by atoms with Crippen LogP contribution in [0.3, 0.4) is 0 Å². The lowest BCUT2D eigenvalue weighted by Gasteiger charge is -2.19. The molecule has 69 heavy (non-hydrogen) atoms. The van der Waals surface area contributed by atoms with Crippen LogP contribution in [0.4, 0.5) is 0 Å². The molecular weight excluding hydrogens is 853 g/mol. The maximum absolute atomic E-state index is 12.2. The van der Waals surface area contributed by atoms with E-state index in [2.05, 4.69) is 139 Å². The second kappa shape index (κ2) is 39.4. The minimum absolute atomic E-state index is 0.219. The molecule has 0 spiro atoms. The quantitative estimate of drug-likeness (QED) is 0.0420. The Bertz CT molecular complexity index is 2170. The molecule has 8 heteroatoms. The Hall–Kier alpha value is -5.50. The molecule has 2 atom stereocenters. The summed E-state index contributed by atoms with van der Waals surface area (Å²) in [4.78, 5) is 35.3. The highest BCUT2D eigenvalue weighted by Gasteiger charge is 2.34. The van der Waals surface area contributed by atoms with Crippen LogP contribution in [-0.4, -0.2) is 49.6 Å². The smallest absolute Gasteiger partial charge is 0.333 e. The predicted molar refractivity (Wildman–Crippen MR) is 301 cm³/mol. The van der Waals surface area contributed by atoms with E-state index in [1.165, 1.54) is 89.6 Å². The molecule has 0 fully saturated rings. The van der Waals surface area contributed by atoms with E-state index in [0.717, 1.165) is 81.7 Å². The van der Waals surface area contributed by atoms with E-state index in [4.69, 9.17) is 19.5 Å². The van der Waals surface area contributed by atoms with E-state index >= 15 is 0 Å². The van der Waals surface area contributed by atoms with Gasteiger partial charge in [0.15, 0.2) is 0 Å². The molecular formula is C61H94N4O4. The molecule has 2 N–H and O–H groups in total. The summed E-state index contributed by atoms with van der Waals surface area (Å²) < 4.78 is 8.81. The highest BCUT2D eigenvalue weighted by molar-refractivity contribution is 6.26. The fourth-order valence-corrected chi connectivity index (χ4v) is 7.58. The maximum Gasteiger partial charge on any atom is 0.333 e. The molecule has 4 heterocycles. The number of esters is 1. The molecule has 0 bridgehead atoms. The number of methoxy groups -OCH3 is 2. The summed E-state index contributed by atoms with van der Waals surface area (Å²) in [5.41, 5.74) is 11.8. The van der Waals surface area contributed by atoms with Gasteiger partial charge in [0.1, 0.15) is 0 Å². The fraction of sp³-hybridized carbons (Fsp3) is 0.508. The van der Waals surface area contributed by atoms with Gasteiger partial charge in [0, 0.05) is 51.6 Å². The van der Waals surface area contributed by atoms with Gasteiger partial charge in [-0.25, -0.2) is 9.79 Å². The third kappa shape index (κ3) is 25.1. The minimum atomic E-state index is -0.333. The normalized spacial score (nSPS) is 18.2. The first kappa shape index (κ1) is 63.5. The largest absolute Gasteiger partial charge is 0.471 e. The van der Waals surface area contributed by atoms with Crippen molar-refractivity contribution in [2.45, 2.75) is 173 Å². The van der Waals surface area contributed by atoms with Crippen LogP contribution >= 0.6 is 0 Å². The standard InChI is InChI=1S/C42H56N4O2.C8H12.C7H16.C2H4O2.C2H6/c1-9-11-12-13-14-18-28(3)35-22-23-36(44-35)32(7)37-24-25-38(45-37)40(29(4)20-21-30(5)42(47)48-8)41-31(6)34(17-10-2)39(46-41)27-33-19-15-16-26-43-33;1-4-5-6-7-8(2)3;1-3-5-7-6-4-2;1-4-2-3;1-2/h15-16,19-25,27,31,34,43,45H,9-14,17-18,26H2,1-8H3;4-7H,1H2,2-3H3;3-7H2,1-2H3;2H,1H3;1-2H3/b29-20+,30-21+,35-28+,37-32-,39-27-,40-38-;6-5-;;;. The summed E-state index contributed by atoms with van der Waals surface area (Å²) >= 11 is 0. The minimum Gasteiger partial charge on any atom is -0.471 e. The van der Waals surface area contributed by atoms with Gasteiger partial charge in [0.05, 0.1) is 31.3 Å². The molecule has 0 saturated carbocycles. The first-order valence-corrected chi connectivity index (χ1v) is 25.9. The molecule has 3 aliphatic rings. The van der Waals surface area contributed by atoms with Crippen molar-refractivity contribution in [3.63, 3.8) is 0 Å². The SMILES string of the molecule is C=C/C=C\C=C(C)C.CC.CCCCCCC.CCCCCCC/C(C)=C1\C=CC(C(/C)=c2/cc\c(=C(C3=N/C(=C\C4=CC=CCN4)C(CCC)C3C)/C(C)=C/C=C(\C)C(=O)OC)[nH]2)=N1.COC=O. The van der Waals surface area contributed by atoms with E-state index < -0.39 is 0 Å². The number of nitrogens with zero attached hydrogens (tertiary/aromatic N) is 2. The Morgan fingerprint density at radius 2 is 1.41 bits per heavy atom. The van der Waals surface area contributed by atoms with Gasteiger partial charge in [0.2, 0.25) is 0 Å². The van der Waals surface area contributed by atoms with E-state index in [-0.39, 0.29) is 11.9 Å². The van der Waals surface area contributed by atoms with Crippen molar-refractivity contribution in [3.8, 4) is 0 Å². The molecule has 2 unspecified atom stereocenters. The van der Waals surface area contributed by atoms with Crippen LogP contribution in [-0.2, 0) is 19.1 Å². The van der Waals surface area contributed by atoms with Crippen LogP contribution < -0.4 is 16.0 Å². The summed E-state index contributed by atoms with van der Waals surface area (Å²) in [6.07, 6.45) is 41.0. The molecule has 0 amide bonds. The van der Waals surface area contributed by atoms with E-state index in [0.29, 0.717) is 18.0 Å². The van der Waals surface area contributed by atoms with Crippen molar-refractivity contribution in [2.75, 3.05) is 20.8 Å². The Labute approximate surface area is 420 Å². The van der Waals surface area contributed by atoms with Crippen LogP contribution in [0, 0.1) is 11.8 Å². The van der Waals surface area contributed by atoms with Gasteiger partial charge in [-0.05, 0) is 114 Å². The predicted octanol–water partition coefficient (Wildman–Crippen LogP) is 15.0. The average molecular weight is 947 g/mol. The van der Waals surface area contributed by atoms with Gasteiger partial charge >= 0.3 is 5.97 Å². The first-order valence-electron chi connectivity index (χ1n) is 25.9. The zero-order valence-electron chi connectivity index (χ0n) is 45.9. The molecule has 4 rings (SSSR count). The molecule has 8 nitrogen and oxygen atoms in total. The summed E-state index contributed by atoms with van der Waals surface area (Å²) in [7, 11) is 2.72. The van der Waals surface area contributed by atoms with Crippen molar-refractivity contribution in [2.24, 2.45) is 21.8 Å². The van der Waals surface area contributed by atoms with Crippen LogP contribution in [0.25, 0.3) is 11.1 Å². The first-order chi connectivity index (χ1) is 33.3. The summed E-state index contributed by atoms with van der Waals surface area (Å²) in [6.45, 7) is 32.4. The lowest BCUT2D eigenvalue weighted by atomic mass is 9.83.